The van der Waals surface area contributed by atoms with Gasteiger partial charge in [0.1, 0.15) is 5.57 Å². The quantitative estimate of drug-likeness (QED) is 0.657. The summed E-state index contributed by atoms with van der Waals surface area (Å²) in [4.78, 5) is 48.9. The predicted molar refractivity (Wildman–Crippen MR) is 86.7 cm³/mol. The van der Waals surface area contributed by atoms with Gasteiger partial charge in [-0.05, 0) is 41.8 Å². The summed E-state index contributed by atoms with van der Waals surface area (Å²) in [5.41, 5.74) is 0.0282. The second-order valence-electron chi connectivity index (χ2n) is 4.83. The summed E-state index contributed by atoms with van der Waals surface area (Å²) in [5.74, 6) is -2.65. The van der Waals surface area contributed by atoms with E-state index in [2.05, 4.69) is 5.32 Å². The van der Waals surface area contributed by atoms with E-state index in [1.54, 1.807) is 17.5 Å². The van der Waals surface area contributed by atoms with Crippen LogP contribution in [0.5, 0.6) is 0 Å². The van der Waals surface area contributed by atoms with Gasteiger partial charge in [-0.3, -0.25) is 14.9 Å². The highest BCUT2D eigenvalue weighted by Gasteiger charge is 2.36. The number of carbonyl (C=O) groups excluding carboxylic acids is 3. The molecule has 4 amide bonds. The molecule has 0 unspecified atom stereocenters. The number of barbiturate groups is 1. The molecule has 1 aromatic heterocycles. The van der Waals surface area contributed by atoms with E-state index in [4.69, 9.17) is 5.11 Å². The molecule has 7 nitrogen and oxygen atoms in total. The molecule has 120 valence electrons. The minimum Gasteiger partial charge on any atom is -0.478 e. The minimum atomic E-state index is -1.12. The Morgan fingerprint density at radius 2 is 1.83 bits per heavy atom. The van der Waals surface area contributed by atoms with Crippen LogP contribution in [0.2, 0.25) is 0 Å². The van der Waals surface area contributed by atoms with Gasteiger partial charge >= 0.3 is 12.0 Å². The number of anilines is 1. The number of carboxylic acids is 1. The Balaban J connectivity index is 1.98. The highest BCUT2D eigenvalue weighted by atomic mass is 32.1. The van der Waals surface area contributed by atoms with Crippen LogP contribution in [0.1, 0.15) is 15.2 Å². The van der Waals surface area contributed by atoms with Crippen molar-refractivity contribution in [1.29, 1.82) is 0 Å². The van der Waals surface area contributed by atoms with E-state index in [9.17, 15) is 19.2 Å². The molecule has 1 saturated heterocycles. The number of aromatic carboxylic acids is 1. The van der Waals surface area contributed by atoms with Crippen LogP contribution >= 0.6 is 11.3 Å². The van der Waals surface area contributed by atoms with Crippen molar-refractivity contribution in [3.8, 4) is 0 Å². The van der Waals surface area contributed by atoms with Gasteiger partial charge in [-0.15, -0.1) is 11.3 Å². The zero-order chi connectivity index (χ0) is 17.3. The van der Waals surface area contributed by atoms with E-state index in [-0.39, 0.29) is 16.8 Å². The number of benzene rings is 1. The molecular formula is C16H10N2O5S. The van der Waals surface area contributed by atoms with E-state index in [0.717, 1.165) is 4.90 Å². The third kappa shape index (κ3) is 2.82. The summed E-state index contributed by atoms with van der Waals surface area (Å²) in [5, 5.41) is 12.8. The molecule has 8 heteroatoms. The SMILES string of the molecule is O=C1NC(=O)N(c2ccc(C(=O)O)cc2)C(=O)C1=Cc1cccs1. The standard InChI is InChI=1S/C16H10N2O5S/c19-13-12(8-11-2-1-7-24-11)14(20)18(16(23)17-13)10-5-3-9(4-6-10)15(21)22/h1-8H,(H,21,22)(H,17,19,23). The van der Waals surface area contributed by atoms with Gasteiger partial charge < -0.3 is 5.11 Å². The van der Waals surface area contributed by atoms with Crippen LogP contribution in [0.15, 0.2) is 47.4 Å². The van der Waals surface area contributed by atoms with Crippen molar-refractivity contribution >= 4 is 46.9 Å². The number of hydrogen-bond donors (Lipinski definition) is 2. The molecule has 24 heavy (non-hydrogen) atoms. The van der Waals surface area contributed by atoms with Crippen molar-refractivity contribution in [2.75, 3.05) is 4.90 Å². The number of amides is 4. The third-order valence-electron chi connectivity index (χ3n) is 3.30. The minimum absolute atomic E-state index is 0.0223. The summed E-state index contributed by atoms with van der Waals surface area (Å²) in [6.45, 7) is 0. The smallest absolute Gasteiger partial charge is 0.335 e. The maximum absolute atomic E-state index is 12.6. The van der Waals surface area contributed by atoms with Crippen LogP contribution in [-0.4, -0.2) is 28.9 Å². The number of carbonyl (C=O) groups is 4. The topological polar surface area (TPSA) is 104 Å². The monoisotopic (exact) mass is 342 g/mol. The van der Waals surface area contributed by atoms with Gasteiger partial charge in [0.2, 0.25) is 0 Å². The van der Waals surface area contributed by atoms with Gasteiger partial charge in [-0.25, -0.2) is 14.5 Å². The first-order chi connectivity index (χ1) is 11.5. The summed E-state index contributed by atoms with van der Waals surface area (Å²) >= 11 is 1.35. The predicted octanol–water partition coefficient (Wildman–Crippen LogP) is 2.11. The number of imide groups is 2. The molecule has 2 aromatic rings. The molecule has 0 spiro atoms. The molecule has 2 heterocycles. The van der Waals surface area contributed by atoms with Crippen molar-refractivity contribution < 1.29 is 24.3 Å². The van der Waals surface area contributed by atoms with Crippen molar-refractivity contribution in [2.24, 2.45) is 0 Å². The molecule has 1 aliphatic rings. The molecule has 0 bridgehead atoms. The summed E-state index contributed by atoms with van der Waals surface area (Å²) in [6.07, 6.45) is 1.41. The summed E-state index contributed by atoms with van der Waals surface area (Å²) < 4.78 is 0. The van der Waals surface area contributed by atoms with Crippen LogP contribution in [0.3, 0.4) is 0 Å². The largest absolute Gasteiger partial charge is 0.478 e. The van der Waals surface area contributed by atoms with Crippen LogP contribution in [0, 0.1) is 0 Å². The second kappa shape index (κ2) is 6.09. The Hall–Kier alpha value is -3.26. The number of carboxylic acid groups (broad SMARTS) is 1. The summed E-state index contributed by atoms with van der Waals surface area (Å²) in [6, 6.07) is 7.85. The Kier molecular flexibility index (Phi) is 3.97. The van der Waals surface area contributed by atoms with Crippen LogP contribution < -0.4 is 10.2 Å². The van der Waals surface area contributed by atoms with Crippen LogP contribution in [0.4, 0.5) is 10.5 Å². The number of thiophene rings is 1. The highest BCUT2D eigenvalue weighted by Crippen LogP contribution is 2.23. The van der Waals surface area contributed by atoms with Gasteiger partial charge in [0.05, 0.1) is 11.3 Å². The lowest BCUT2D eigenvalue weighted by atomic mass is 10.1. The van der Waals surface area contributed by atoms with Crippen LogP contribution in [0.25, 0.3) is 6.08 Å². The van der Waals surface area contributed by atoms with Gasteiger partial charge in [0.25, 0.3) is 11.8 Å². The van der Waals surface area contributed by atoms with Crippen molar-refractivity contribution in [3.05, 3.63) is 57.8 Å². The van der Waals surface area contributed by atoms with Gasteiger partial charge in [0, 0.05) is 4.88 Å². The molecule has 0 saturated carbocycles. The lowest BCUT2D eigenvalue weighted by Gasteiger charge is -2.26. The van der Waals surface area contributed by atoms with Crippen molar-refractivity contribution in [1.82, 2.24) is 5.32 Å². The second-order valence-corrected chi connectivity index (χ2v) is 5.80. The fraction of sp³-hybridized carbons (Fsp3) is 0. The molecule has 0 radical (unpaired) electrons. The van der Waals surface area contributed by atoms with Gasteiger partial charge in [-0.2, -0.15) is 0 Å². The number of hydrogen-bond acceptors (Lipinski definition) is 5. The lowest BCUT2D eigenvalue weighted by molar-refractivity contribution is -0.122. The molecule has 1 aromatic carbocycles. The maximum atomic E-state index is 12.6. The highest BCUT2D eigenvalue weighted by molar-refractivity contribution is 7.10. The maximum Gasteiger partial charge on any atom is 0.335 e. The van der Waals surface area contributed by atoms with E-state index in [1.807, 2.05) is 0 Å². The first-order valence-electron chi connectivity index (χ1n) is 6.75. The molecule has 1 aliphatic heterocycles. The third-order valence-corrected chi connectivity index (χ3v) is 4.12. The first kappa shape index (κ1) is 15.6. The number of nitrogens with zero attached hydrogens (tertiary/aromatic N) is 1. The van der Waals surface area contributed by atoms with E-state index in [0.29, 0.717) is 4.88 Å². The van der Waals surface area contributed by atoms with Gasteiger partial charge in [0.15, 0.2) is 0 Å². The van der Waals surface area contributed by atoms with E-state index < -0.39 is 23.8 Å². The molecular weight excluding hydrogens is 332 g/mol. The normalized spacial score (nSPS) is 16.4. The van der Waals surface area contributed by atoms with E-state index in [1.165, 1.54) is 41.7 Å². The first-order valence-corrected chi connectivity index (χ1v) is 7.63. The molecule has 3 rings (SSSR count). The molecule has 0 aliphatic carbocycles. The zero-order valence-corrected chi connectivity index (χ0v) is 12.9. The molecule has 1 fully saturated rings. The van der Waals surface area contributed by atoms with Gasteiger partial charge in [-0.1, -0.05) is 6.07 Å². The number of nitrogens with one attached hydrogen (secondary N) is 1. The Labute approximate surface area is 139 Å². The van der Waals surface area contributed by atoms with E-state index >= 15 is 0 Å². The Morgan fingerprint density at radius 3 is 2.42 bits per heavy atom. The zero-order valence-electron chi connectivity index (χ0n) is 12.1. The fourth-order valence-corrected chi connectivity index (χ4v) is 2.82. The number of urea groups is 1. The summed E-state index contributed by atoms with van der Waals surface area (Å²) in [7, 11) is 0. The Morgan fingerprint density at radius 1 is 1.12 bits per heavy atom. The average Bonchev–Trinajstić information content (AvgIpc) is 3.05. The average molecular weight is 342 g/mol. The van der Waals surface area contributed by atoms with Crippen LogP contribution in [-0.2, 0) is 9.59 Å². The Bertz CT molecular complexity index is 868. The number of rotatable bonds is 3. The molecule has 0 atom stereocenters. The van der Waals surface area contributed by atoms with Crippen molar-refractivity contribution in [2.45, 2.75) is 0 Å². The fourth-order valence-electron chi connectivity index (χ4n) is 2.16. The van der Waals surface area contributed by atoms with Crippen molar-refractivity contribution in [3.63, 3.8) is 0 Å². The molecule has 2 N–H and O–H groups in total. The lowest BCUT2D eigenvalue weighted by Crippen LogP contribution is -2.54.